The fourth-order valence-corrected chi connectivity index (χ4v) is 3.12. The van der Waals surface area contributed by atoms with Crippen LogP contribution >= 0.6 is 0 Å². The molecule has 34 heavy (non-hydrogen) atoms. The van der Waals surface area contributed by atoms with Crippen LogP contribution < -0.4 is 24.8 Å². The molecule has 0 spiro atoms. The first-order valence-corrected chi connectivity index (χ1v) is 10.9. The molecule has 0 aliphatic carbocycles. The quantitative estimate of drug-likeness (QED) is 0.396. The minimum atomic E-state index is -0.340. The molecule has 0 saturated carbocycles. The van der Waals surface area contributed by atoms with E-state index in [0.717, 1.165) is 17.7 Å². The summed E-state index contributed by atoms with van der Waals surface area (Å²) >= 11 is 0. The van der Waals surface area contributed by atoms with Crippen molar-refractivity contribution in [3.8, 4) is 17.2 Å². The van der Waals surface area contributed by atoms with Gasteiger partial charge < -0.3 is 24.8 Å². The minimum absolute atomic E-state index is 0.285. The molecule has 0 bridgehead atoms. The Labute approximate surface area is 199 Å². The minimum Gasteiger partial charge on any atom is -0.494 e. The summed E-state index contributed by atoms with van der Waals surface area (Å²) in [6, 6.07) is 19.5. The van der Waals surface area contributed by atoms with Gasteiger partial charge in [-0.15, -0.1) is 0 Å². The fourth-order valence-electron chi connectivity index (χ4n) is 3.12. The van der Waals surface area contributed by atoms with E-state index in [1.54, 1.807) is 42.5 Å². The number of nitrogens with one attached hydrogen (secondary N) is 2. The summed E-state index contributed by atoms with van der Waals surface area (Å²) in [4.78, 5) is 25.1. The first-order chi connectivity index (χ1) is 16.5. The van der Waals surface area contributed by atoms with Crippen molar-refractivity contribution in [2.45, 2.75) is 13.3 Å². The number of hydrogen-bond donors (Lipinski definition) is 2. The molecule has 0 aliphatic rings. The normalized spacial score (nSPS) is 10.6. The topological polar surface area (TPSA) is 85.9 Å². The second-order valence-electron chi connectivity index (χ2n) is 7.31. The zero-order chi connectivity index (χ0) is 24.3. The monoisotopic (exact) mass is 460 g/mol. The van der Waals surface area contributed by atoms with Gasteiger partial charge in [-0.25, -0.2) is 0 Å². The molecule has 0 atom stereocenters. The van der Waals surface area contributed by atoms with Gasteiger partial charge in [0.1, 0.15) is 17.2 Å². The van der Waals surface area contributed by atoms with Gasteiger partial charge in [0.2, 0.25) is 5.91 Å². The van der Waals surface area contributed by atoms with E-state index in [-0.39, 0.29) is 11.8 Å². The molecular formula is C27H28N2O5. The average Bonchev–Trinajstić information content (AvgIpc) is 2.87. The molecule has 7 nitrogen and oxygen atoms in total. The van der Waals surface area contributed by atoms with Crippen LogP contribution in [0.4, 0.5) is 11.4 Å². The first kappa shape index (κ1) is 24.4. The van der Waals surface area contributed by atoms with Gasteiger partial charge in [0, 0.05) is 23.8 Å². The van der Waals surface area contributed by atoms with Crippen LogP contribution in [0.15, 0.2) is 72.8 Å². The molecule has 0 saturated heterocycles. The van der Waals surface area contributed by atoms with Gasteiger partial charge in [0.05, 0.1) is 32.2 Å². The molecule has 0 radical (unpaired) electrons. The molecule has 0 fully saturated rings. The molecule has 0 aromatic heterocycles. The molecule has 3 rings (SSSR count). The molecule has 0 unspecified atom stereocenters. The highest BCUT2D eigenvalue weighted by atomic mass is 16.5. The Balaban J connectivity index is 1.71. The SMILES string of the molecule is CCCOc1ccc(C=CC(=O)Nc2cc(OC)c(NC(=O)c3ccccc3)cc2OC)cc1. The van der Waals surface area contributed by atoms with Crippen LogP contribution in [-0.4, -0.2) is 32.6 Å². The number of methoxy groups -OCH3 is 2. The summed E-state index contributed by atoms with van der Waals surface area (Å²) in [6.45, 7) is 2.71. The van der Waals surface area contributed by atoms with Crippen molar-refractivity contribution in [3.05, 3.63) is 83.9 Å². The molecule has 3 aromatic carbocycles. The van der Waals surface area contributed by atoms with Crippen molar-refractivity contribution in [1.29, 1.82) is 0 Å². The van der Waals surface area contributed by atoms with Crippen LogP contribution in [0.5, 0.6) is 17.2 Å². The van der Waals surface area contributed by atoms with Crippen molar-refractivity contribution in [2.75, 3.05) is 31.5 Å². The Morgan fingerprint density at radius 1 is 0.853 bits per heavy atom. The lowest BCUT2D eigenvalue weighted by atomic mass is 10.2. The van der Waals surface area contributed by atoms with E-state index in [2.05, 4.69) is 17.6 Å². The number of rotatable bonds is 10. The summed E-state index contributed by atoms with van der Waals surface area (Å²) in [5, 5.41) is 5.61. The Kier molecular flexibility index (Phi) is 8.68. The average molecular weight is 461 g/mol. The highest BCUT2D eigenvalue weighted by Gasteiger charge is 2.15. The second-order valence-corrected chi connectivity index (χ2v) is 7.31. The first-order valence-electron chi connectivity index (χ1n) is 10.9. The second kappa shape index (κ2) is 12.1. The molecular weight excluding hydrogens is 432 g/mol. The van der Waals surface area contributed by atoms with Crippen LogP contribution in [0.3, 0.4) is 0 Å². The number of anilines is 2. The largest absolute Gasteiger partial charge is 0.494 e. The fraction of sp³-hybridized carbons (Fsp3) is 0.185. The number of benzene rings is 3. The molecule has 3 aromatic rings. The lowest BCUT2D eigenvalue weighted by molar-refractivity contribution is -0.111. The Morgan fingerprint density at radius 2 is 1.47 bits per heavy atom. The van der Waals surface area contributed by atoms with Crippen molar-refractivity contribution in [3.63, 3.8) is 0 Å². The maximum absolute atomic E-state index is 12.5. The predicted octanol–water partition coefficient (Wildman–Crippen LogP) is 5.40. The summed E-state index contributed by atoms with van der Waals surface area (Å²) < 4.78 is 16.4. The smallest absolute Gasteiger partial charge is 0.255 e. The van der Waals surface area contributed by atoms with Gasteiger partial charge in [0.25, 0.3) is 5.91 Å². The number of ether oxygens (including phenoxy) is 3. The van der Waals surface area contributed by atoms with E-state index >= 15 is 0 Å². The molecule has 7 heteroatoms. The number of hydrogen-bond acceptors (Lipinski definition) is 5. The maximum Gasteiger partial charge on any atom is 0.255 e. The lowest BCUT2D eigenvalue weighted by Gasteiger charge is -2.16. The standard InChI is InChI=1S/C27H28N2O5/c1-4-16-34-21-13-10-19(11-14-21)12-15-26(30)28-22-17-25(33-3)23(18-24(22)32-2)29-27(31)20-8-6-5-7-9-20/h5-15,17-18H,4,16H2,1-3H3,(H,28,30)(H,29,31). The molecule has 2 amide bonds. The third kappa shape index (κ3) is 6.62. The van der Waals surface area contributed by atoms with Crippen molar-refractivity contribution in [2.24, 2.45) is 0 Å². The van der Waals surface area contributed by atoms with E-state index in [1.807, 2.05) is 30.3 Å². The van der Waals surface area contributed by atoms with Crippen LogP contribution in [-0.2, 0) is 4.79 Å². The van der Waals surface area contributed by atoms with Gasteiger partial charge in [-0.05, 0) is 42.3 Å². The molecule has 0 aliphatic heterocycles. The van der Waals surface area contributed by atoms with E-state index in [1.165, 1.54) is 20.3 Å². The van der Waals surface area contributed by atoms with Gasteiger partial charge >= 0.3 is 0 Å². The summed E-state index contributed by atoms with van der Waals surface area (Å²) in [5.41, 5.74) is 2.21. The number of amides is 2. The number of carbonyl (C=O) groups is 2. The molecule has 2 N–H and O–H groups in total. The van der Waals surface area contributed by atoms with E-state index < -0.39 is 0 Å². The van der Waals surface area contributed by atoms with Gasteiger partial charge in [0.15, 0.2) is 0 Å². The summed E-state index contributed by atoms with van der Waals surface area (Å²) in [6.07, 6.45) is 4.08. The molecule has 176 valence electrons. The van der Waals surface area contributed by atoms with Gasteiger partial charge in [-0.2, -0.15) is 0 Å². The highest BCUT2D eigenvalue weighted by Crippen LogP contribution is 2.36. The van der Waals surface area contributed by atoms with Crippen LogP contribution in [0.1, 0.15) is 29.3 Å². The predicted molar refractivity (Wildman–Crippen MR) is 134 cm³/mol. The zero-order valence-electron chi connectivity index (χ0n) is 19.5. The Hall–Kier alpha value is -4.26. The van der Waals surface area contributed by atoms with Crippen molar-refractivity contribution in [1.82, 2.24) is 0 Å². The van der Waals surface area contributed by atoms with Gasteiger partial charge in [-0.1, -0.05) is 37.3 Å². The van der Waals surface area contributed by atoms with Crippen molar-refractivity contribution >= 4 is 29.3 Å². The maximum atomic E-state index is 12.5. The van der Waals surface area contributed by atoms with E-state index in [0.29, 0.717) is 35.0 Å². The lowest BCUT2D eigenvalue weighted by Crippen LogP contribution is -2.14. The number of carbonyl (C=O) groups excluding carboxylic acids is 2. The van der Waals surface area contributed by atoms with Crippen LogP contribution in [0, 0.1) is 0 Å². The third-order valence-corrected chi connectivity index (χ3v) is 4.84. The third-order valence-electron chi connectivity index (χ3n) is 4.84. The van der Waals surface area contributed by atoms with Gasteiger partial charge in [-0.3, -0.25) is 9.59 Å². The van der Waals surface area contributed by atoms with E-state index in [9.17, 15) is 9.59 Å². The van der Waals surface area contributed by atoms with Crippen molar-refractivity contribution < 1.29 is 23.8 Å². The zero-order valence-corrected chi connectivity index (χ0v) is 19.5. The molecule has 0 heterocycles. The van der Waals surface area contributed by atoms with Crippen LogP contribution in [0.25, 0.3) is 6.08 Å². The Bertz CT molecular complexity index is 1140. The Morgan fingerprint density at radius 3 is 2.06 bits per heavy atom. The highest BCUT2D eigenvalue weighted by molar-refractivity contribution is 6.06. The van der Waals surface area contributed by atoms with E-state index in [4.69, 9.17) is 14.2 Å². The summed E-state index contributed by atoms with van der Waals surface area (Å²) in [5.74, 6) is 0.926. The summed E-state index contributed by atoms with van der Waals surface area (Å²) in [7, 11) is 2.97. The van der Waals surface area contributed by atoms with Crippen LogP contribution in [0.2, 0.25) is 0 Å².